The minimum atomic E-state index is -3.60. The van der Waals surface area contributed by atoms with Crippen molar-refractivity contribution in [2.45, 2.75) is 24.8 Å². The van der Waals surface area contributed by atoms with Crippen LogP contribution in [0.15, 0.2) is 53.4 Å². The zero-order chi connectivity index (χ0) is 21.6. The van der Waals surface area contributed by atoms with Gasteiger partial charge in [-0.05, 0) is 56.3 Å². The van der Waals surface area contributed by atoms with Crippen molar-refractivity contribution in [1.29, 1.82) is 0 Å². The van der Waals surface area contributed by atoms with Crippen molar-refractivity contribution in [3.63, 3.8) is 0 Å². The summed E-state index contributed by atoms with van der Waals surface area (Å²) < 4.78 is 35.9. The first-order chi connectivity index (χ1) is 13.6. The van der Waals surface area contributed by atoms with E-state index < -0.39 is 21.9 Å². The maximum absolute atomic E-state index is 12.2. The minimum Gasteiger partial charge on any atom is -0.484 e. The number of benzene rings is 2. The van der Waals surface area contributed by atoms with Crippen LogP contribution in [0.1, 0.15) is 24.2 Å². The first-order valence-electron chi connectivity index (χ1n) is 8.86. The molecule has 0 fully saturated rings. The third-order valence-corrected chi connectivity index (χ3v) is 5.51. The lowest BCUT2D eigenvalue weighted by molar-refractivity contribution is -0.118. The number of hydrogen-bond donors (Lipinski definition) is 1. The number of esters is 1. The number of nitrogens with zero attached hydrogens (tertiary/aromatic N) is 1. The zero-order valence-electron chi connectivity index (χ0n) is 16.7. The van der Waals surface area contributed by atoms with Crippen LogP contribution in [0.25, 0.3) is 0 Å². The van der Waals surface area contributed by atoms with Crippen LogP contribution >= 0.6 is 0 Å². The van der Waals surface area contributed by atoms with E-state index in [0.717, 1.165) is 4.31 Å². The van der Waals surface area contributed by atoms with Crippen LogP contribution in [0.4, 0.5) is 5.69 Å². The smallest absolute Gasteiger partial charge is 0.338 e. The number of carbonyl (C=O) groups is 2. The lowest BCUT2D eigenvalue weighted by atomic mass is 10.2. The second kappa shape index (κ2) is 9.53. The molecule has 1 amide bonds. The highest BCUT2D eigenvalue weighted by molar-refractivity contribution is 7.89. The first-order valence-corrected chi connectivity index (χ1v) is 10.3. The molecule has 2 aromatic rings. The Hall–Kier alpha value is -2.91. The van der Waals surface area contributed by atoms with Crippen LogP contribution < -0.4 is 10.1 Å². The molecule has 156 valence electrons. The topological polar surface area (TPSA) is 102 Å². The van der Waals surface area contributed by atoms with E-state index in [1.807, 2.05) is 0 Å². The molecule has 0 bridgehead atoms. The lowest BCUT2D eigenvalue weighted by Crippen LogP contribution is -2.23. The third kappa shape index (κ3) is 6.30. The summed E-state index contributed by atoms with van der Waals surface area (Å²) in [4.78, 5) is 24.0. The van der Waals surface area contributed by atoms with Crippen molar-refractivity contribution in [1.82, 2.24) is 4.31 Å². The molecule has 9 heteroatoms. The number of sulfonamides is 1. The Labute approximate surface area is 170 Å². The number of nitrogens with one attached hydrogen (secondary N) is 1. The van der Waals surface area contributed by atoms with E-state index in [4.69, 9.17) is 9.47 Å². The quantitative estimate of drug-likeness (QED) is 0.659. The van der Waals surface area contributed by atoms with Crippen molar-refractivity contribution in [2.24, 2.45) is 0 Å². The molecule has 0 radical (unpaired) electrons. The van der Waals surface area contributed by atoms with Crippen molar-refractivity contribution in [3.05, 3.63) is 54.1 Å². The van der Waals surface area contributed by atoms with Crippen LogP contribution in [0.3, 0.4) is 0 Å². The highest BCUT2D eigenvalue weighted by Gasteiger charge is 2.17. The molecule has 29 heavy (non-hydrogen) atoms. The van der Waals surface area contributed by atoms with Gasteiger partial charge < -0.3 is 14.8 Å². The number of hydrogen-bond acceptors (Lipinski definition) is 6. The average molecular weight is 420 g/mol. The molecule has 0 aliphatic rings. The van der Waals surface area contributed by atoms with Crippen LogP contribution in [-0.4, -0.2) is 51.4 Å². The Morgan fingerprint density at radius 3 is 2.31 bits per heavy atom. The van der Waals surface area contributed by atoms with Gasteiger partial charge in [0.05, 0.1) is 16.6 Å². The Balaban J connectivity index is 1.94. The highest BCUT2D eigenvalue weighted by Crippen LogP contribution is 2.18. The van der Waals surface area contributed by atoms with Gasteiger partial charge in [0, 0.05) is 19.8 Å². The van der Waals surface area contributed by atoms with E-state index in [9.17, 15) is 18.0 Å². The van der Waals surface area contributed by atoms with E-state index in [1.54, 1.807) is 50.2 Å². The molecule has 2 rings (SSSR count). The van der Waals surface area contributed by atoms with E-state index in [1.165, 1.54) is 26.2 Å². The molecule has 0 unspecified atom stereocenters. The van der Waals surface area contributed by atoms with E-state index in [-0.39, 0.29) is 17.6 Å². The van der Waals surface area contributed by atoms with Gasteiger partial charge in [0.2, 0.25) is 10.0 Å². The predicted octanol–water partition coefficient (Wildman–Crippen LogP) is 2.52. The summed E-state index contributed by atoms with van der Waals surface area (Å²) in [5.74, 6) is -0.477. The number of amides is 1. The van der Waals surface area contributed by atoms with Crippen LogP contribution in [0, 0.1) is 0 Å². The standard InChI is InChI=1S/C20H24N2O6S/c1-14(2)28-20(24)15-8-10-17(11-9-15)27-13-19(23)21-16-6-5-7-18(12-16)29(25,26)22(3)4/h5-12,14H,13H2,1-4H3,(H,21,23). The first kappa shape index (κ1) is 22.4. The van der Waals surface area contributed by atoms with Crippen molar-refractivity contribution >= 4 is 27.6 Å². The van der Waals surface area contributed by atoms with Crippen molar-refractivity contribution < 1.29 is 27.5 Å². The highest BCUT2D eigenvalue weighted by atomic mass is 32.2. The van der Waals surface area contributed by atoms with Gasteiger partial charge in [0.25, 0.3) is 5.91 Å². The third-order valence-electron chi connectivity index (χ3n) is 3.70. The summed E-state index contributed by atoms with van der Waals surface area (Å²) in [7, 11) is -0.731. The maximum atomic E-state index is 12.2. The maximum Gasteiger partial charge on any atom is 0.338 e. The van der Waals surface area contributed by atoms with Gasteiger partial charge in [-0.2, -0.15) is 0 Å². The molecule has 2 aromatic carbocycles. The second-order valence-electron chi connectivity index (χ2n) is 6.63. The molecular weight excluding hydrogens is 396 g/mol. The molecule has 0 saturated carbocycles. The van der Waals surface area contributed by atoms with Crippen molar-refractivity contribution in [2.75, 3.05) is 26.0 Å². The monoisotopic (exact) mass is 420 g/mol. The SMILES string of the molecule is CC(C)OC(=O)c1ccc(OCC(=O)Nc2cccc(S(=O)(=O)N(C)C)c2)cc1. The molecular formula is C20H24N2O6S. The Morgan fingerprint density at radius 2 is 1.72 bits per heavy atom. The van der Waals surface area contributed by atoms with Gasteiger partial charge in [-0.1, -0.05) is 6.07 Å². The number of anilines is 1. The second-order valence-corrected chi connectivity index (χ2v) is 8.78. The van der Waals surface area contributed by atoms with Gasteiger partial charge in [0.15, 0.2) is 6.61 Å². The predicted molar refractivity (Wildman–Crippen MR) is 108 cm³/mol. The molecule has 0 aliphatic heterocycles. The summed E-state index contributed by atoms with van der Waals surface area (Å²) >= 11 is 0. The fourth-order valence-corrected chi connectivity index (χ4v) is 3.21. The van der Waals surface area contributed by atoms with Gasteiger partial charge in [0.1, 0.15) is 5.75 Å². The summed E-state index contributed by atoms with van der Waals surface area (Å²) in [6, 6.07) is 12.2. The molecule has 0 heterocycles. The molecule has 0 spiro atoms. The van der Waals surface area contributed by atoms with E-state index in [0.29, 0.717) is 17.0 Å². The Kier molecular flexibility index (Phi) is 7.35. The minimum absolute atomic E-state index is 0.0742. The van der Waals surface area contributed by atoms with E-state index >= 15 is 0 Å². The lowest BCUT2D eigenvalue weighted by Gasteiger charge is -2.13. The molecule has 0 atom stereocenters. The van der Waals surface area contributed by atoms with Crippen molar-refractivity contribution in [3.8, 4) is 5.75 Å². The van der Waals surface area contributed by atoms with Gasteiger partial charge in [-0.15, -0.1) is 0 Å². The Bertz CT molecular complexity index is 969. The zero-order valence-corrected chi connectivity index (χ0v) is 17.5. The van der Waals surface area contributed by atoms with Gasteiger partial charge >= 0.3 is 5.97 Å². The number of ether oxygens (including phenoxy) is 2. The number of carbonyl (C=O) groups excluding carboxylic acids is 2. The van der Waals surface area contributed by atoms with Crippen LogP contribution in [0.5, 0.6) is 5.75 Å². The molecule has 0 saturated heterocycles. The molecule has 0 aromatic heterocycles. The normalized spacial score (nSPS) is 11.4. The molecule has 0 aliphatic carbocycles. The molecule has 8 nitrogen and oxygen atoms in total. The summed E-state index contributed by atoms with van der Waals surface area (Å²) in [5, 5.41) is 2.59. The average Bonchev–Trinajstić information content (AvgIpc) is 2.66. The van der Waals surface area contributed by atoms with Crippen LogP contribution in [-0.2, 0) is 19.6 Å². The Morgan fingerprint density at radius 1 is 1.07 bits per heavy atom. The summed E-state index contributed by atoms with van der Waals surface area (Å²) in [6.07, 6.45) is -0.215. The summed E-state index contributed by atoms with van der Waals surface area (Å²) in [5.41, 5.74) is 0.725. The van der Waals surface area contributed by atoms with Gasteiger partial charge in [-0.25, -0.2) is 17.5 Å². The van der Waals surface area contributed by atoms with Crippen LogP contribution in [0.2, 0.25) is 0 Å². The fourth-order valence-electron chi connectivity index (χ4n) is 2.26. The number of rotatable bonds is 8. The summed E-state index contributed by atoms with van der Waals surface area (Å²) in [6.45, 7) is 3.25. The largest absolute Gasteiger partial charge is 0.484 e. The van der Waals surface area contributed by atoms with Gasteiger partial charge in [-0.3, -0.25) is 4.79 Å². The fraction of sp³-hybridized carbons (Fsp3) is 0.300. The molecule has 1 N–H and O–H groups in total. The van der Waals surface area contributed by atoms with E-state index in [2.05, 4.69) is 5.32 Å².